The second-order valence-corrected chi connectivity index (χ2v) is 7.27. The Kier molecular flexibility index (Phi) is 7.14. The van der Waals surface area contributed by atoms with Gasteiger partial charge in [0.15, 0.2) is 0 Å². The number of methoxy groups -OCH3 is 2. The summed E-state index contributed by atoms with van der Waals surface area (Å²) >= 11 is 0. The number of amides is 2. The summed E-state index contributed by atoms with van der Waals surface area (Å²) in [6, 6.07) is 5.63. The van der Waals surface area contributed by atoms with Crippen LogP contribution < -0.4 is 9.47 Å². The highest BCUT2D eigenvalue weighted by Crippen LogP contribution is 2.26. The summed E-state index contributed by atoms with van der Waals surface area (Å²) in [5.74, 6) is 1.90. The van der Waals surface area contributed by atoms with Gasteiger partial charge in [-0.1, -0.05) is 0 Å². The van der Waals surface area contributed by atoms with Crippen molar-refractivity contribution in [2.45, 2.75) is 25.7 Å². The van der Waals surface area contributed by atoms with Gasteiger partial charge in [-0.15, -0.1) is 0 Å². The van der Waals surface area contributed by atoms with Crippen molar-refractivity contribution in [2.24, 2.45) is 5.92 Å². The molecule has 0 N–H and O–H groups in total. The lowest BCUT2D eigenvalue weighted by Crippen LogP contribution is -2.47. The lowest BCUT2D eigenvalue weighted by atomic mass is 9.94. The Morgan fingerprint density at radius 3 is 2.39 bits per heavy atom. The van der Waals surface area contributed by atoms with E-state index in [-0.39, 0.29) is 17.7 Å². The Hall–Kier alpha value is -2.28. The molecule has 2 amide bonds. The highest BCUT2D eigenvalue weighted by Gasteiger charge is 2.30. The first kappa shape index (κ1) is 20.5. The summed E-state index contributed by atoms with van der Waals surface area (Å²) in [6.07, 6.45) is 2.51. The van der Waals surface area contributed by atoms with Crippen LogP contribution in [-0.4, -0.2) is 75.2 Å². The van der Waals surface area contributed by atoms with E-state index in [4.69, 9.17) is 14.2 Å². The van der Waals surface area contributed by atoms with Crippen molar-refractivity contribution in [2.75, 3.05) is 53.6 Å². The van der Waals surface area contributed by atoms with Gasteiger partial charge in [0.05, 0.1) is 27.4 Å². The molecule has 2 heterocycles. The number of carbonyl (C=O) groups is 2. The number of ether oxygens (including phenoxy) is 3. The van der Waals surface area contributed by atoms with E-state index in [1.165, 1.54) is 0 Å². The van der Waals surface area contributed by atoms with Gasteiger partial charge in [-0.05, 0) is 43.0 Å². The molecular weight excluding hydrogens is 360 g/mol. The minimum absolute atomic E-state index is 0.0284. The number of benzene rings is 1. The number of hydrogen-bond acceptors (Lipinski definition) is 5. The molecule has 7 heteroatoms. The summed E-state index contributed by atoms with van der Waals surface area (Å²) < 4.78 is 16.0. The van der Waals surface area contributed by atoms with E-state index < -0.39 is 0 Å². The molecule has 2 fully saturated rings. The van der Waals surface area contributed by atoms with E-state index in [2.05, 4.69) is 0 Å². The largest absolute Gasteiger partial charge is 0.497 e. The number of aryl methyl sites for hydroxylation is 1. The quantitative estimate of drug-likeness (QED) is 0.740. The average Bonchev–Trinajstić information content (AvgIpc) is 2.77. The molecule has 2 aliphatic rings. The van der Waals surface area contributed by atoms with Crippen LogP contribution in [0.4, 0.5) is 0 Å². The number of carbonyl (C=O) groups excluding carboxylic acids is 2. The van der Waals surface area contributed by atoms with Crippen LogP contribution in [0.3, 0.4) is 0 Å². The van der Waals surface area contributed by atoms with Gasteiger partial charge >= 0.3 is 0 Å². The molecule has 0 aliphatic carbocycles. The van der Waals surface area contributed by atoms with Crippen LogP contribution in [0, 0.1) is 5.92 Å². The Morgan fingerprint density at radius 2 is 1.75 bits per heavy atom. The molecule has 0 bridgehead atoms. The van der Waals surface area contributed by atoms with Crippen LogP contribution in [-0.2, 0) is 20.7 Å². The fraction of sp³-hybridized carbons (Fsp3) is 0.619. The monoisotopic (exact) mass is 390 g/mol. The molecule has 1 aromatic rings. The molecule has 0 spiro atoms. The Morgan fingerprint density at radius 1 is 1.04 bits per heavy atom. The van der Waals surface area contributed by atoms with Gasteiger partial charge < -0.3 is 24.0 Å². The number of likely N-dealkylation sites (tertiary alicyclic amines) is 1. The normalized spacial score (nSPS) is 18.1. The van der Waals surface area contributed by atoms with Gasteiger partial charge in [-0.3, -0.25) is 9.59 Å². The van der Waals surface area contributed by atoms with Crippen LogP contribution in [0.5, 0.6) is 11.5 Å². The van der Waals surface area contributed by atoms with E-state index in [1.807, 2.05) is 28.0 Å². The molecule has 28 heavy (non-hydrogen) atoms. The maximum absolute atomic E-state index is 12.6. The molecule has 1 aromatic carbocycles. The molecule has 0 aromatic heterocycles. The fourth-order valence-corrected chi connectivity index (χ4v) is 3.89. The number of rotatable bonds is 6. The van der Waals surface area contributed by atoms with E-state index in [9.17, 15) is 9.59 Å². The van der Waals surface area contributed by atoms with Crippen molar-refractivity contribution in [3.63, 3.8) is 0 Å². The molecule has 0 atom stereocenters. The zero-order valence-corrected chi connectivity index (χ0v) is 16.8. The average molecular weight is 390 g/mol. The molecule has 0 unspecified atom stereocenters. The van der Waals surface area contributed by atoms with E-state index in [0.29, 0.717) is 52.2 Å². The van der Waals surface area contributed by atoms with Crippen molar-refractivity contribution >= 4 is 11.8 Å². The highest BCUT2D eigenvalue weighted by molar-refractivity contribution is 5.80. The third kappa shape index (κ3) is 4.95. The van der Waals surface area contributed by atoms with Crippen LogP contribution in [0.15, 0.2) is 18.2 Å². The topological polar surface area (TPSA) is 68.3 Å². The van der Waals surface area contributed by atoms with Crippen molar-refractivity contribution in [1.29, 1.82) is 0 Å². The smallest absolute Gasteiger partial charge is 0.225 e. The van der Waals surface area contributed by atoms with Gasteiger partial charge in [0.25, 0.3) is 0 Å². The second kappa shape index (κ2) is 9.78. The van der Waals surface area contributed by atoms with Gasteiger partial charge in [0.2, 0.25) is 11.8 Å². The molecule has 0 saturated carbocycles. The first-order chi connectivity index (χ1) is 13.6. The van der Waals surface area contributed by atoms with Crippen molar-refractivity contribution in [1.82, 2.24) is 9.80 Å². The lowest BCUT2D eigenvalue weighted by Gasteiger charge is -2.35. The van der Waals surface area contributed by atoms with Gasteiger partial charge in [-0.2, -0.15) is 0 Å². The van der Waals surface area contributed by atoms with Crippen LogP contribution in [0.25, 0.3) is 0 Å². The standard InChI is InChI=1S/C21H30N2O5/c1-26-18-4-5-19(27-2)17(15-18)3-6-20(24)22-9-7-16(8-10-22)21(25)23-11-13-28-14-12-23/h4-5,15-16H,3,6-14H2,1-2H3. The van der Waals surface area contributed by atoms with E-state index >= 15 is 0 Å². The third-order valence-electron chi connectivity index (χ3n) is 5.62. The van der Waals surface area contributed by atoms with Crippen LogP contribution in [0.2, 0.25) is 0 Å². The van der Waals surface area contributed by atoms with Gasteiger partial charge in [0.1, 0.15) is 11.5 Å². The minimum Gasteiger partial charge on any atom is -0.497 e. The lowest BCUT2D eigenvalue weighted by molar-refractivity contribution is -0.143. The molecule has 154 valence electrons. The Labute approximate surface area is 166 Å². The number of nitrogens with zero attached hydrogens (tertiary/aromatic N) is 2. The predicted molar refractivity (Wildman–Crippen MR) is 105 cm³/mol. The van der Waals surface area contributed by atoms with Crippen LogP contribution >= 0.6 is 0 Å². The van der Waals surface area contributed by atoms with Crippen molar-refractivity contribution in [3.8, 4) is 11.5 Å². The Bertz CT molecular complexity index is 679. The minimum atomic E-state index is 0.0284. The summed E-state index contributed by atoms with van der Waals surface area (Å²) in [5, 5.41) is 0. The Balaban J connectivity index is 1.48. The second-order valence-electron chi connectivity index (χ2n) is 7.27. The van der Waals surface area contributed by atoms with Gasteiger partial charge in [0, 0.05) is 38.5 Å². The molecule has 0 radical (unpaired) electrons. The first-order valence-corrected chi connectivity index (χ1v) is 9.97. The molecule has 7 nitrogen and oxygen atoms in total. The van der Waals surface area contributed by atoms with E-state index in [1.54, 1.807) is 14.2 Å². The fourth-order valence-electron chi connectivity index (χ4n) is 3.89. The molecule has 2 saturated heterocycles. The summed E-state index contributed by atoms with van der Waals surface area (Å²) in [7, 11) is 3.25. The highest BCUT2D eigenvalue weighted by atomic mass is 16.5. The van der Waals surface area contributed by atoms with Crippen LogP contribution in [0.1, 0.15) is 24.8 Å². The maximum Gasteiger partial charge on any atom is 0.225 e. The SMILES string of the molecule is COc1ccc(OC)c(CCC(=O)N2CCC(C(=O)N3CCOCC3)CC2)c1. The first-order valence-electron chi connectivity index (χ1n) is 9.97. The predicted octanol–water partition coefficient (Wildman–Crippen LogP) is 1.73. The van der Waals surface area contributed by atoms with E-state index in [0.717, 1.165) is 29.9 Å². The maximum atomic E-state index is 12.6. The summed E-state index contributed by atoms with van der Waals surface area (Å²) in [6.45, 7) is 3.90. The zero-order chi connectivity index (χ0) is 19.9. The molecular formula is C21H30N2O5. The zero-order valence-electron chi connectivity index (χ0n) is 16.8. The number of piperidine rings is 1. The van der Waals surface area contributed by atoms with Gasteiger partial charge in [-0.25, -0.2) is 0 Å². The third-order valence-corrected chi connectivity index (χ3v) is 5.62. The number of morpholine rings is 1. The molecule has 3 rings (SSSR count). The van der Waals surface area contributed by atoms with Crippen molar-refractivity contribution in [3.05, 3.63) is 23.8 Å². The molecule has 2 aliphatic heterocycles. The number of hydrogen-bond donors (Lipinski definition) is 0. The van der Waals surface area contributed by atoms with Crippen molar-refractivity contribution < 1.29 is 23.8 Å². The summed E-state index contributed by atoms with van der Waals surface area (Å²) in [5.41, 5.74) is 0.965. The summed E-state index contributed by atoms with van der Waals surface area (Å²) in [4.78, 5) is 29.0.